The number of anilines is 1. The average Bonchev–Trinajstić information content (AvgIpc) is 2.79. The lowest BCUT2D eigenvalue weighted by Gasteiger charge is -2.10. The molecule has 2 aromatic rings. The molecule has 1 aliphatic heterocycles. The highest BCUT2D eigenvalue weighted by molar-refractivity contribution is 5.98. The molecule has 2 N–H and O–H groups in total. The molecule has 2 amide bonds. The third-order valence-corrected chi connectivity index (χ3v) is 3.71. The number of rotatable bonds is 4. The van der Waals surface area contributed by atoms with Gasteiger partial charge >= 0.3 is 0 Å². The van der Waals surface area contributed by atoms with Crippen LogP contribution in [-0.4, -0.2) is 25.5 Å². The minimum Gasteiger partial charge on any atom is -0.497 e. The van der Waals surface area contributed by atoms with Crippen molar-refractivity contribution < 1.29 is 19.1 Å². The molecule has 0 unspecified atom stereocenters. The molecule has 0 saturated heterocycles. The molecule has 6 heteroatoms. The van der Waals surface area contributed by atoms with Crippen LogP contribution in [0.1, 0.15) is 22.3 Å². The smallest absolute Gasteiger partial charge is 0.251 e. The van der Waals surface area contributed by atoms with Gasteiger partial charge in [0.05, 0.1) is 25.8 Å². The van der Waals surface area contributed by atoms with E-state index in [0.717, 1.165) is 11.3 Å². The number of amides is 2. The van der Waals surface area contributed by atoms with Crippen molar-refractivity contribution in [1.29, 1.82) is 0 Å². The summed E-state index contributed by atoms with van der Waals surface area (Å²) in [5.74, 6) is 1.01. The molecule has 0 saturated carbocycles. The predicted octanol–water partition coefficient (Wildman–Crippen LogP) is 2.35. The Morgan fingerprint density at radius 3 is 2.79 bits per heavy atom. The molecule has 3 rings (SSSR count). The molecule has 0 atom stereocenters. The second-order valence-electron chi connectivity index (χ2n) is 5.39. The van der Waals surface area contributed by atoms with Gasteiger partial charge in [-0.05, 0) is 35.9 Å². The van der Waals surface area contributed by atoms with Crippen LogP contribution in [0.5, 0.6) is 11.5 Å². The van der Waals surface area contributed by atoms with E-state index in [-0.39, 0.29) is 11.8 Å². The van der Waals surface area contributed by atoms with Crippen LogP contribution in [0.2, 0.25) is 0 Å². The van der Waals surface area contributed by atoms with Gasteiger partial charge in [0, 0.05) is 12.1 Å². The van der Waals surface area contributed by atoms with Gasteiger partial charge in [0.25, 0.3) is 5.91 Å². The Balaban J connectivity index is 1.67. The van der Waals surface area contributed by atoms with Crippen LogP contribution in [0, 0.1) is 0 Å². The van der Waals surface area contributed by atoms with Crippen molar-refractivity contribution in [2.75, 3.05) is 19.0 Å². The molecule has 6 nitrogen and oxygen atoms in total. The van der Waals surface area contributed by atoms with Gasteiger partial charge in [0.15, 0.2) is 0 Å². The number of carbonyl (C=O) groups is 2. The number of benzene rings is 2. The fourth-order valence-corrected chi connectivity index (χ4v) is 2.39. The van der Waals surface area contributed by atoms with Crippen molar-refractivity contribution in [2.24, 2.45) is 0 Å². The van der Waals surface area contributed by atoms with E-state index in [2.05, 4.69) is 10.6 Å². The van der Waals surface area contributed by atoms with Gasteiger partial charge in [-0.2, -0.15) is 0 Å². The molecule has 0 aliphatic carbocycles. The van der Waals surface area contributed by atoms with Crippen LogP contribution in [0.15, 0.2) is 42.5 Å². The molecule has 124 valence electrons. The molecule has 24 heavy (non-hydrogen) atoms. The average molecular weight is 326 g/mol. The van der Waals surface area contributed by atoms with E-state index >= 15 is 0 Å². The first-order chi connectivity index (χ1) is 11.7. The van der Waals surface area contributed by atoms with Gasteiger partial charge in [-0.15, -0.1) is 0 Å². The summed E-state index contributed by atoms with van der Waals surface area (Å²) in [6, 6.07) is 12.5. The molecule has 0 fully saturated rings. The number of ether oxygens (including phenoxy) is 2. The second-order valence-corrected chi connectivity index (χ2v) is 5.39. The summed E-state index contributed by atoms with van der Waals surface area (Å²) in [5, 5.41) is 5.60. The predicted molar refractivity (Wildman–Crippen MR) is 89.3 cm³/mol. The van der Waals surface area contributed by atoms with Crippen LogP contribution in [0.3, 0.4) is 0 Å². The van der Waals surface area contributed by atoms with Crippen LogP contribution >= 0.6 is 0 Å². The Kier molecular flexibility index (Phi) is 4.65. The molecule has 1 aliphatic rings. The molecule has 1 heterocycles. The monoisotopic (exact) mass is 326 g/mol. The Morgan fingerprint density at radius 2 is 2.04 bits per heavy atom. The van der Waals surface area contributed by atoms with Crippen LogP contribution in [-0.2, 0) is 11.3 Å². The highest BCUT2D eigenvalue weighted by Gasteiger charge is 2.16. The van der Waals surface area contributed by atoms with E-state index < -0.39 is 0 Å². The molecule has 0 radical (unpaired) electrons. The third-order valence-electron chi connectivity index (χ3n) is 3.71. The van der Waals surface area contributed by atoms with E-state index in [1.807, 2.05) is 24.3 Å². The largest absolute Gasteiger partial charge is 0.497 e. The first kappa shape index (κ1) is 15.9. The number of fused-ring (bicyclic) bond motifs is 1. The summed E-state index contributed by atoms with van der Waals surface area (Å²) in [5.41, 5.74) is 1.96. The molecule has 0 spiro atoms. The summed E-state index contributed by atoms with van der Waals surface area (Å²) in [7, 11) is 1.61. The quantitative estimate of drug-likeness (QED) is 0.904. The number of hydrogen-bond acceptors (Lipinski definition) is 4. The van der Waals surface area contributed by atoms with Gasteiger partial charge in [-0.25, -0.2) is 0 Å². The number of methoxy groups -OCH3 is 1. The van der Waals surface area contributed by atoms with Crippen LogP contribution in [0.4, 0.5) is 5.69 Å². The topological polar surface area (TPSA) is 76.7 Å². The van der Waals surface area contributed by atoms with E-state index in [9.17, 15) is 9.59 Å². The molecule has 0 bridgehead atoms. The lowest BCUT2D eigenvalue weighted by molar-refractivity contribution is -0.116. The lowest BCUT2D eigenvalue weighted by Crippen LogP contribution is -2.23. The van der Waals surface area contributed by atoms with Crippen molar-refractivity contribution in [3.8, 4) is 11.5 Å². The van der Waals surface area contributed by atoms with Gasteiger partial charge in [0.1, 0.15) is 11.5 Å². The van der Waals surface area contributed by atoms with Crippen molar-refractivity contribution in [1.82, 2.24) is 5.32 Å². The Labute approximate surface area is 139 Å². The minimum absolute atomic E-state index is 0.121. The summed E-state index contributed by atoms with van der Waals surface area (Å²) in [4.78, 5) is 23.9. The zero-order chi connectivity index (χ0) is 16.9. The zero-order valence-corrected chi connectivity index (χ0v) is 13.3. The normalized spacial score (nSPS) is 13.1. The SMILES string of the molecule is COc1ccc(CNC(=O)c2ccc3c(c2)NC(=O)CCO3)cc1. The Morgan fingerprint density at radius 1 is 1.25 bits per heavy atom. The zero-order valence-electron chi connectivity index (χ0n) is 13.3. The lowest BCUT2D eigenvalue weighted by atomic mass is 10.1. The molecule has 0 aromatic heterocycles. The summed E-state index contributed by atoms with van der Waals surface area (Å²) < 4.78 is 10.6. The maximum absolute atomic E-state index is 12.3. The van der Waals surface area contributed by atoms with Gasteiger partial charge in [0.2, 0.25) is 5.91 Å². The van der Waals surface area contributed by atoms with Gasteiger partial charge in [-0.1, -0.05) is 12.1 Å². The number of nitrogens with one attached hydrogen (secondary N) is 2. The molecule has 2 aromatic carbocycles. The van der Waals surface area contributed by atoms with Crippen LogP contribution < -0.4 is 20.1 Å². The minimum atomic E-state index is -0.216. The Bertz CT molecular complexity index is 756. The van der Waals surface area contributed by atoms with Crippen molar-refractivity contribution >= 4 is 17.5 Å². The molecular weight excluding hydrogens is 308 g/mol. The highest BCUT2D eigenvalue weighted by Crippen LogP contribution is 2.28. The van der Waals surface area contributed by atoms with E-state index in [0.29, 0.717) is 36.6 Å². The first-order valence-electron chi connectivity index (χ1n) is 7.63. The summed E-state index contributed by atoms with van der Waals surface area (Å²) >= 11 is 0. The first-order valence-corrected chi connectivity index (χ1v) is 7.63. The fourth-order valence-electron chi connectivity index (χ4n) is 2.39. The summed E-state index contributed by atoms with van der Waals surface area (Å²) in [6.07, 6.45) is 0.299. The fraction of sp³-hybridized carbons (Fsp3) is 0.222. The van der Waals surface area contributed by atoms with E-state index in [4.69, 9.17) is 9.47 Å². The van der Waals surface area contributed by atoms with E-state index in [1.54, 1.807) is 25.3 Å². The highest BCUT2D eigenvalue weighted by atomic mass is 16.5. The van der Waals surface area contributed by atoms with Crippen LogP contribution in [0.25, 0.3) is 0 Å². The summed E-state index contributed by atoms with van der Waals surface area (Å²) in [6.45, 7) is 0.741. The maximum Gasteiger partial charge on any atom is 0.251 e. The van der Waals surface area contributed by atoms with E-state index in [1.165, 1.54) is 0 Å². The second kappa shape index (κ2) is 7.04. The maximum atomic E-state index is 12.3. The molecular formula is C18H18N2O4. The van der Waals surface area contributed by atoms with Crippen molar-refractivity contribution in [2.45, 2.75) is 13.0 Å². The number of hydrogen-bond donors (Lipinski definition) is 2. The standard InChI is InChI=1S/C18H18N2O4/c1-23-14-5-2-12(3-6-14)11-19-18(22)13-4-7-16-15(10-13)20-17(21)8-9-24-16/h2-7,10H,8-9,11H2,1H3,(H,19,22)(H,20,21). The third kappa shape index (κ3) is 3.65. The number of carbonyl (C=O) groups excluding carboxylic acids is 2. The Hall–Kier alpha value is -3.02. The van der Waals surface area contributed by atoms with Gasteiger partial charge < -0.3 is 20.1 Å². The van der Waals surface area contributed by atoms with Crippen molar-refractivity contribution in [3.63, 3.8) is 0 Å². The van der Waals surface area contributed by atoms with Crippen molar-refractivity contribution in [3.05, 3.63) is 53.6 Å². The van der Waals surface area contributed by atoms with Gasteiger partial charge in [-0.3, -0.25) is 9.59 Å².